The molecule has 0 N–H and O–H groups in total. The first-order chi connectivity index (χ1) is 23.8. The zero-order valence-corrected chi connectivity index (χ0v) is 26.8. The van der Waals surface area contributed by atoms with Crippen LogP contribution in [0.2, 0.25) is 0 Å². The first kappa shape index (κ1) is 27.2. The van der Waals surface area contributed by atoms with Gasteiger partial charge in [-0.05, 0) is 88.3 Å². The van der Waals surface area contributed by atoms with Crippen molar-refractivity contribution in [3.63, 3.8) is 0 Å². The van der Waals surface area contributed by atoms with E-state index in [4.69, 9.17) is 4.98 Å². The van der Waals surface area contributed by atoms with Crippen LogP contribution in [0.4, 0.5) is 0 Å². The summed E-state index contributed by atoms with van der Waals surface area (Å²) in [4.78, 5) is 7.70. The van der Waals surface area contributed by atoms with E-state index in [1.807, 2.05) is 17.8 Å². The van der Waals surface area contributed by atoms with Gasteiger partial charge >= 0.3 is 0 Å². The molecule has 3 heteroatoms. The monoisotopic (exact) mass is 628 g/mol. The maximum absolute atomic E-state index is 5.05. The summed E-state index contributed by atoms with van der Waals surface area (Å²) >= 11 is 1.88. The van der Waals surface area contributed by atoms with Crippen LogP contribution in [0, 0.1) is 0 Å². The first-order valence-electron chi connectivity index (χ1n) is 16.3. The quantitative estimate of drug-likeness (QED) is 0.193. The minimum absolute atomic E-state index is 0.963. The average molecular weight is 629 g/mol. The Hall–Kier alpha value is -5.90. The van der Waals surface area contributed by atoms with Crippen molar-refractivity contribution in [2.75, 3.05) is 0 Å². The highest BCUT2D eigenvalue weighted by Gasteiger charge is 2.20. The van der Waals surface area contributed by atoms with Gasteiger partial charge in [-0.1, -0.05) is 121 Å². The molecule has 0 aliphatic carbocycles. The molecule has 2 nitrogen and oxygen atoms in total. The fourth-order valence-corrected chi connectivity index (χ4v) is 8.47. The number of nitrogens with zero attached hydrogens (tertiary/aromatic N) is 2. The van der Waals surface area contributed by atoms with Crippen LogP contribution < -0.4 is 0 Å². The molecule has 0 bridgehead atoms. The van der Waals surface area contributed by atoms with E-state index in [-0.39, 0.29) is 0 Å². The van der Waals surface area contributed by atoms with Crippen LogP contribution >= 0.6 is 11.8 Å². The van der Waals surface area contributed by atoms with E-state index in [9.17, 15) is 0 Å². The van der Waals surface area contributed by atoms with Crippen molar-refractivity contribution >= 4 is 44.3 Å². The fraction of sp³-hybridized carbons (Fsp3) is 0. The number of hydrogen-bond acceptors (Lipinski definition) is 2. The molecule has 0 fully saturated rings. The van der Waals surface area contributed by atoms with E-state index in [0.717, 1.165) is 28.2 Å². The summed E-state index contributed by atoms with van der Waals surface area (Å²) in [6.45, 7) is 0. The summed E-state index contributed by atoms with van der Waals surface area (Å²) in [5, 5.41) is 5.15. The van der Waals surface area contributed by atoms with E-state index < -0.39 is 0 Å². The third-order valence-corrected chi connectivity index (χ3v) is 10.7. The summed E-state index contributed by atoms with van der Waals surface area (Å²) in [5.41, 5.74) is 12.7. The van der Waals surface area contributed by atoms with Crippen molar-refractivity contribution in [1.82, 2.24) is 9.55 Å². The Bertz CT molecular complexity index is 2700. The van der Waals surface area contributed by atoms with Crippen LogP contribution in [-0.4, -0.2) is 9.55 Å². The number of para-hydroxylation sites is 1. The van der Waals surface area contributed by atoms with E-state index in [0.29, 0.717) is 0 Å². The zero-order chi connectivity index (χ0) is 31.6. The minimum Gasteiger partial charge on any atom is -0.309 e. The van der Waals surface area contributed by atoms with Gasteiger partial charge in [0.25, 0.3) is 0 Å². The van der Waals surface area contributed by atoms with Crippen molar-refractivity contribution in [3.05, 3.63) is 170 Å². The molecule has 0 amide bonds. The lowest BCUT2D eigenvalue weighted by molar-refractivity contribution is 1.18. The van der Waals surface area contributed by atoms with Crippen LogP contribution in [0.3, 0.4) is 0 Å². The Morgan fingerprint density at radius 2 is 1.12 bits per heavy atom. The van der Waals surface area contributed by atoms with Gasteiger partial charge < -0.3 is 4.57 Å². The predicted octanol–water partition coefficient (Wildman–Crippen LogP) is 12.5. The molecule has 224 valence electrons. The second-order valence-corrected chi connectivity index (χ2v) is 13.5. The lowest BCUT2D eigenvalue weighted by atomic mass is 9.94. The molecule has 0 radical (unpaired) electrons. The van der Waals surface area contributed by atoms with Crippen molar-refractivity contribution < 1.29 is 0 Å². The molecule has 10 rings (SSSR count). The maximum atomic E-state index is 5.05. The highest BCUT2D eigenvalue weighted by Crippen LogP contribution is 2.49. The van der Waals surface area contributed by atoms with Crippen LogP contribution in [-0.2, 0) is 0 Å². The van der Waals surface area contributed by atoms with Crippen LogP contribution in [0.5, 0.6) is 0 Å². The smallest absolute Gasteiger partial charge is 0.0710 e. The van der Waals surface area contributed by atoms with Gasteiger partial charge in [0.1, 0.15) is 0 Å². The summed E-state index contributed by atoms with van der Waals surface area (Å²) < 4.78 is 2.39. The van der Waals surface area contributed by atoms with Gasteiger partial charge in [-0.2, -0.15) is 0 Å². The van der Waals surface area contributed by atoms with Gasteiger partial charge in [0.15, 0.2) is 0 Å². The van der Waals surface area contributed by atoms with Gasteiger partial charge in [-0.3, -0.25) is 0 Å². The van der Waals surface area contributed by atoms with Crippen molar-refractivity contribution in [1.29, 1.82) is 0 Å². The average Bonchev–Trinajstić information content (AvgIpc) is 3.49. The van der Waals surface area contributed by atoms with Crippen LogP contribution in [0.25, 0.3) is 83.0 Å². The Labute approximate surface area is 283 Å². The molecule has 1 aliphatic heterocycles. The molecule has 1 aliphatic rings. The molecule has 0 unspecified atom stereocenters. The van der Waals surface area contributed by atoms with E-state index in [1.54, 1.807) is 0 Å². The molecule has 48 heavy (non-hydrogen) atoms. The van der Waals surface area contributed by atoms with Crippen molar-refractivity contribution in [2.45, 2.75) is 9.79 Å². The summed E-state index contributed by atoms with van der Waals surface area (Å²) in [5.74, 6) is 0. The molecule has 0 atom stereocenters. The molecule has 7 aromatic carbocycles. The summed E-state index contributed by atoms with van der Waals surface area (Å²) in [6, 6.07) is 61.3. The lowest BCUT2D eigenvalue weighted by Crippen LogP contribution is -1.95. The third kappa shape index (κ3) is 4.32. The van der Waals surface area contributed by atoms with E-state index in [1.165, 1.54) is 64.6 Å². The molecule has 2 aromatic heterocycles. The van der Waals surface area contributed by atoms with Crippen molar-refractivity contribution in [2.24, 2.45) is 0 Å². The number of rotatable bonds is 4. The number of benzene rings is 7. The number of aromatic nitrogens is 2. The fourth-order valence-electron chi connectivity index (χ4n) is 7.34. The topological polar surface area (TPSA) is 17.8 Å². The summed E-state index contributed by atoms with van der Waals surface area (Å²) in [6.07, 6.45) is 0. The summed E-state index contributed by atoms with van der Waals surface area (Å²) in [7, 11) is 0. The second kappa shape index (κ2) is 10.8. The number of pyridine rings is 1. The lowest BCUT2D eigenvalue weighted by Gasteiger charge is -2.21. The Morgan fingerprint density at radius 3 is 2.04 bits per heavy atom. The van der Waals surface area contributed by atoms with Gasteiger partial charge in [-0.15, -0.1) is 0 Å². The molecule has 0 spiro atoms. The van der Waals surface area contributed by atoms with E-state index >= 15 is 0 Å². The normalized spacial score (nSPS) is 12.1. The number of fused-ring (bicyclic) bond motifs is 5. The van der Waals surface area contributed by atoms with Gasteiger partial charge in [0, 0.05) is 42.8 Å². The minimum atomic E-state index is 0.963. The Kier molecular flexibility index (Phi) is 6.15. The highest BCUT2D eigenvalue weighted by atomic mass is 32.2. The Balaban J connectivity index is 1.09. The van der Waals surface area contributed by atoms with Gasteiger partial charge in [-0.25, -0.2) is 4.98 Å². The predicted molar refractivity (Wildman–Crippen MR) is 202 cm³/mol. The highest BCUT2D eigenvalue weighted by molar-refractivity contribution is 7.99. The zero-order valence-electron chi connectivity index (χ0n) is 26.0. The van der Waals surface area contributed by atoms with Crippen LogP contribution in [0.15, 0.2) is 180 Å². The standard InChI is InChI=1S/C45H28N2S/c1-2-10-29(11-3-1)39-18-9-19-40(46-39)33-14-6-15-34(26-33)47-41-20-5-4-16-35(41)37-27-31(22-24-42(37)47)32-23-25-43-38(28-32)36-17-7-12-30-13-8-21-44(48-43)45(30)36/h1-28H. The first-order valence-corrected chi connectivity index (χ1v) is 17.1. The van der Waals surface area contributed by atoms with Gasteiger partial charge in [0.2, 0.25) is 0 Å². The molecule has 3 heterocycles. The molecule has 9 aromatic rings. The SMILES string of the molecule is c1ccc(-c2cccc(-c3cccc(-n4c5ccccc5c5cc(-c6ccc7c(c6)-c6cccc8cccc(c68)S7)ccc54)c3)n2)cc1. The maximum Gasteiger partial charge on any atom is 0.0710 e. The van der Waals surface area contributed by atoms with E-state index in [2.05, 4.69) is 168 Å². The molecular weight excluding hydrogens is 601 g/mol. The Morgan fingerprint density at radius 1 is 0.417 bits per heavy atom. The number of hydrogen-bond donors (Lipinski definition) is 0. The molecule has 0 saturated heterocycles. The largest absolute Gasteiger partial charge is 0.309 e. The molecule has 0 saturated carbocycles. The van der Waals surface area contributed by atoms with Crippen LogP contribution in [0.1, 0.15) is 0 Å². The van der Waals surface area contributed by atoms with Gasteiger partial charge in [0.05, 0.1) is 22.4 Å². The molecular formula is C45H28N2S. The van der Waals surface area contributed by atoms with Crippen molar-refractivity contribution in [3.8, 4) is 50.5 Å². The second-order valence-electron chi connectivity index (χ2n) is 12.4. The third-order valence-electron chi connectivity index (χ3n) is 9.58.